The average molecular weight is 362 g/mol. The average Bonchev–Trinajstić information content (AvgIpc) is 2.36. The van der Waals surface area contributed by atoms with E-state index < -0.39 is 5.91 Å². The number of aromatic hydroxyl groups is 1. The number of aromatic nitrogens is 1. The second-order valence-corrected chi connectivity index (χ2v) is 5.29. The lowest BCUT2D eigenvalue weighted by Crippen LogP contribution is -2.13. The number of benzene rings is 1. The first kappa shape index (κ1) is 14.1. The van der Waals surface area contributed by atoms with Crippen LogP contribution in [0.3, 0.4) is 0 Å². The zero-order valence-electron chi connectivity index (χ0n) is 9.32. The van der Waals surface area contributed by atoms with Gasteiger partial charge in [-0.3, -0.25) is 4.79 Å². The molecule has 0 radical (unpaired) electrons. The van der Waals surface area contributed by atoms with E-state index in [1.54, 1.807) is 6.07 Å². The summed E-state index contributed by atoms with van der Waals surface area (Å²) in [6.07, 6.45) is 1.51. The Morgan fingerprint density at radius 1 is 1.32 bits per heavy atom. The van der Waals surface area contributed by atoms with Crippen molar-refractivity contribution in [3.8, 4) is 5.75 Å². The molecule has 0 spiro atoms. The van der Waals surface area contributed by atoms with Crippen LogP contribution >= 0.6 is 39.1 Å². The fourth-order valence-corrected chi connectivity index (χ4v) is 2.07. The first-order chi connectivity index (χ1) is 8.97. The van der Waals surface area contributed by atoms with Crippen LogP contribution in [0.15, 0.2) is 34.9 Å². The summed E-state index contributed by atoms with van der Waals surface area (Å²) in [4.78, 5) is 15.9. The van der Waals surface area contributed by atoms with Gasteiger partial charge in [-0.2, -0.15) is 0 Å². The second-order valence-electron chi connectivity index (χ2n) is 3.61. The van der Waals surface area contributed by atoms with E-state index in [9.17, 15) is 9.90 Å². The van der Waals surface area contributed by atoms with Crippen molar-refractivity contribution in [3.63, 3.8) is 0 Å². The molecule has 0 aliphatic carbocycles. The van der Waals surface area contributed by atoms with Crippen molar-refractivity contribution < 1.29 is 9.90 Å². The molecule has 0 unspecified atom stereocenters. The summed E-state index contributed by atoms with van der Waals surface area (Å²) in [7, 11) is 0. The minimum absolute atomic E-state index is 0.0481. The molecule has 1 aromatic carbocycles. The summed E-state index contributed by atoms with van der Waals surface area (Å²) in [6, 6.07) is 5.72. The van der Waals surface area contributed by atoms with E-state index in [-0.39, 0.29) is 21.5 Å². The summed E-state index contributed by atoms with van der Waals surface area (Å²) < 4.78 is 0.675. The monoisotopic (exact) mass is 360 g/mol. The summed E-state index contributed by atoms with van der Waals surface area (Å²) in [5.74, 6) is -0.532. The normalized spacial score (nSPS) is 10.3. The quantitative estimate of drug-likeness (QED) is 0.791. The zero-order valence-corrected chi connectivity index (χ0v) is 12.4. The molecule has 0 aliphatic heterocycles. The van der Waals surface area contributed by atoms with Gasteiger partial charge in [0, 0.05) is 10.7 Å². The molecule has 19 heavy (non-hydrogen) atoms. The van der Waals surface area contributed by atoms with Crippen molar-refractivity contribution in [1.29, 1.82) is 0 Å². The van der Waals surface area contributed by atoms with Crippen molar-refractivity contribution in [2.45, 2.75) is 0 Å². The van der Waals surface area contributed by atoms with E-state index in [4.69, 9.17) is 23.2 Å². The van der Waals surface area contributed by atoms with Gasteiger partial charge >= 0.3 is 0 Å². The number of pyridine rings is 1. The van der Waals surface area contributed by atoms with Gasteiger partial charge in [-0.15, -0.1) is 0 Å². The van der Waals surface area contributed by atoms with Crippen LogP contribution in [0.2, 0.25) is 10.2 Å². The molecule has 0 aliphatic rings. The van der Waals surface area contributed by atoms with Crippen LogP contribution in [0.5, 0.6) is 5.75 Å². The molecule has 0 atom stereocenters. The van der Waals surface area contributed by atoms with Gasteiger partial charge in [-0.1, -0.05) is 23.2 Å². The van der Waals surface area contributed by atoms with Crippen LogP contribution in [-0.2, 0) is 0 Å². The first-order valence-electron chi connectivity index (χ1n) is 5.08. The second kappa shape index (κ2) is 5.77. The van der Waals surface area contributed by atoms with Crippen molar-refractivity contribution in [3.05, 3.63) is 50.7 Å². The summed E-state index contributed by atoms with van der Waals surface area (Å²) >= 11 is 15.0. The van der Waals surface area contributed by atoms with Crippen LogP contribution in [0.4, 0.5) is 5.69 Å². The summed E-state index contributed by atoms with van der Waals surface area (Å²) in [5, 5.41) is 12.3. The molecular weight excluding hydrogens is 355 g/mol. The number of carbonyl (C=O) groups excluding carboxylic acids is 1. The molecule has 1 amide bonds. The van der Waals surface area contributed by atoms with Crippen LogP contribution in [-0.4, -0.2) is 16.0 Å². The fraction of sp³-hybridized carbons (Fsp3) is 0. The largest absolute Gasteiger partial charge is 0.508 e. The maximum absolute atomic E-state index is 12.0. The Balaban J connectivity index is 2.30. The number of halogens is 3. The third-order valence-electron chi connectivity index (χ3n) is 2.25. The third-order valence-corrected chi connectivity index (χ3v) is 3.31. The predicted octanol–water partition coefficient (Wildman–Crippen LogP) is 4.11. The van der Waals surface area contributed by atoms with Gasteiger partial charge < -0.3 is 10.4 Å². The molecule has 2 aromatic rings. The van der Waals surface area contributed by atoms with Crippen molar-refractivity contribution >= 4 is 50.7 Å². The van der Waals surface area contributed by atoms with Crippen molar-refractivity contribution in [2.75, 3.05) is 5.32 Å². The topological polar surface area (TPSA) is 62.2 Å². The highest BCUT2D eigenvalue weighted by Crippen LogP contribution is 2.26. The molecule has 2 N–H and O–H groups in total. The standard InChI is InChI=1S/C12H7BrCl2N2O2/c13-6-3-10(11(15)16-5-6)17-12(19)8-4-7(18)1-2-9(8)14/h1-5,18H,(H,17,19). The Kier molecular flexibility index (Phi) is 4.29. The lowest BCUT2D eigenvalue weighted by atomic mass is 10.2. The molecule has 4 nitrogen and oxygen atoms in total. The number of anilines is 1. The maximum Gasteiger partial charge on any atom is 0.257 e. The predicted molar refractivity (Wildman–Crippen MR) is 78.0 cm³/mol. The Morgan fingerprint density at radius 3 is 2.79 bits per heavy atom. The van der Waals surface area contributed by atoms with Gasteiger partial charge in [0.15, 0.2) is 5.15 Å². The maximum atomic E-state index is 12.0. The Morgan fingerprint density at radius 2 is 2.05 bits per heavy atom. The third kappa shape index (κ3) is 3.37. The van der Waals surface area contributed by atoms with Crippen molar-refractivity contribution in [1.82, 2.24) is 4.98 Å². The minimum Gasteiger partial charge on any atom is -0.508 e. The number of hydrogen-bond acceptors (Lipinski definition) is 3. The van der Waals surface area contributed by atoms with E-state index in [0.29, 0.717) is 10.2 Å². The number of phenolic OH excluding ortho intramolecular Hbond substituents is 1. The molecule has 1 heterocycles. The molecule has 0 bridgehead atoms. The van der Waals surface area contributed by atoms with Gasteiger partial charge in [-0.05, 0) is 40.2 Å². The molecule has 0 saturated carbocycles. The first-order valence-corrected chi connectivity index (χ1v) is 6.63. The van der Waals surface area contributed by atoms with Gasteiger partial charge in [0.25, 0.3) is 5.91 Å². The Labute approximate surface area is 127 Å². The number of amides is 1. The lowest BCUT2D eigenvalue weighted by Gasteiger charge is -2.08. The Bertz CT molecular complexity index is 650. The van der Waals surface area contributed by atoms with Gasteiger partial charge in [0.05, 0.1) is 16.3 Å². The smallest absolute Gasteiger partial charge is 0.257 e. The molecule has 1 aromatic heterocycles. The SMILES string of the molecule is O=C(Nc1cc(Br)cnc1Cl)c1cc(O)ccc1Cl. The molecule has 0 saturated heterocycles. The summed E-state index contributed by atoms with van der Waals surface area (Å²) in [6.45, 7) is 0. The highest BCUT2D eigenvalue weighted by molar-refractivity contribution is 9.10. The van der Waals surface area contributed by atoms with E-state index in [1.807, 2.05) is 0 Å². The summed E-state index contributed by atoms with van der Waals surface area (Å²) in [5.41, 5.74) is 0.498. The van der Waals surface area contributed by atoms with Crippen LogP contribution < -0.4 is 5.32 Å². The minimum atomic E-state index is -0.484. The molecule has 7 heteroatoms. The number of hydrogen-bond donors (Lipinski definition) is 2. The molecule has 0 fully saturated rings. The molecule has 98 valence electrons. The fourth-order valence-electron chi connectivity index (χ4n) is 1.39. The van der Waals surface area contributed by atoms with Crippen LogP contribution in [0, 0.1) is 0 Å². The van der Waals surface area contributed by atoms with E-state index in [1.165, 1.54) is 24.4 Å². The zero-order chi connectivity index (χ0) is 14.0. The number of rotatable bonds is 2. The van der Waals surface area contributed by atoms with E-state index in [0.717, 1.165) is 0 Å². The van der Waals surface area contributed by atoms with E-state index in [2.05, 4.69) is 26.2 Å². The number of carbonyl (C=O) groups is 1. The van der Waals surface area contributed by atoms with Gasteiger partial charge in [0.1, 0.15) is 5.75 Å². The molecular formula is C12H7BrCl2N2O2. The highest BCUT2D eigenvalue weighted by atomic mass is 79.9. The van der Waals surface area contributed by atoms with Crippen LogP contribution in [0.1, 0.15) is 10.4 Å². The van der Waals surface area contributed by atoms with Gasteiger partial charge in [-0.25, -0.2) is 4.98 Å². The van der Waals surface area contributed by atoms with Crippen LogP contribution in [0.25, 0.3) is 0 Å². The number of nitrogens with one attached hydrogen (secondary N) is 1. The van der Waals surface area contributed by atoms with Crippen molar-refractivity contribution in [2.24, 2.45) is 0 Å². The van der Waals surface area contributed by atoms with Gasteiger partial charge in [0.2, 0.25) is 0 Å². The lowest BCUT2D eigenvalue weighted by molar-refractivity contribution is 0.102. The molecule has 2 rings (SSSR count). The number of nitrogens with zero attached hydrogens (tertiary/aromatic N) is 1. The number of phenols is 1. The Hall–Kier alpha value is -1.30. The van der Waals surface area contributed by atoms with E-state index >= 15 is 0 Å². The highest BCUT2D eigenvalue weighted by Gasteiger charge is 2.13.